The molecule has 0 fully saturated rings. The Labute approximate surface area is 134 Å². The summed E-state index contributed by atoms with van der Waals surface area (Å²) in [5.74, 6) is -0.774. The topological polar surface area (TPSA) is 58.2 Å². The highest BCUT2D eigenvalue weighted by molar-refractivity contribution is 6.33. The number of halogens is 1. The van der Waals surface area contributed by atoms with Gasteiger partial charge in [0.05, 0.1) is 10.7 Å². The smallest absolute Gasteiger partial charge is 0.233 e. The molecule has 114 valence electrons. The number of anilines is 2. The average Bonchev–Trinajstić information content (AvgIpc) is 2.50. The van der Waals surface area contributed by atoms with Crippen molar-refractivity contribution in [1.29, 1.82) is 0 Å². The van der Waals surface area contributed by atoms with Gasteiger partial charge < -0.3 is 10.6 Å². The first kappa shape index (κ1) is 16.0. The molecule has 0 atom stereocenters. The lowest BCUT2D eigenvalue weighted by Gasteiger charge is -2.08. The third-order valence-electron chi connectivity index (χ3n) is 3.12. The van der Waals surface area contributed by atoms with Crippen LogP contribution in [0, 0.1) is 0 Å². The van der Waals surface area contributed by atoms with Crippen molar-refractivity contribution >= 4 is 34.8 Å². The lowest BCUT2D eigenvalue weighted by atomic mass is 10.1. The van der Waals surface area contributed by atoms with E-state index in [2.05, 4.69) is 17.6 Å². The van der Waals surface area contributed by atoms with Crippen molar-refractivity contribution in [2.45, 2.75) is 19.8 Å². The maximum absolute atomic E-state index is 11.8. The van der Waals surface area contributed by atoms with E-state index in [4.69, 9.17) is 11.6 Å². The Kier molecular flexibility index (Phi) is 5.55. The average molecular weight is 317 g/mol. The zero-order valence-corrected chi connectivity index (χ0v) is 13.0. The first-order chi connectivity index (χ1) is 10.6. The largest absolute Gasteiger partial charge is 0.326 e. The summed E-state index contributed by atoms with van der Waals surface area (Å²) in [6.45, 7) is 2.06. The maximum Gasteiger partial charge on any atom is 0.233 e. The van der Waals surface area contributed by atoms with Crippen molar-refractivity contribution in [3.05, 3.63) is 59.1 Å². The molecule has 0 aliphatic carbocycles. The Morgan fingerprint density at radius 2 is 1.59 bits per heavy atom. The molecular weight excluding hydrogens is 300 g/mol. The molecule has 0 heterocycles. The molecule has 0 aromatic heterocycles. The number of rotatable bonds is 5. The van der Waals surface area contributed by atoms with Gasteiger partial charge in [-0.3, -0.25) is 9.59 Å². The number of carbonyl (C=O) groups excluding carboxylic acids is 2. The first-order valence-electron chi connectivity index (χ1n) is 7.01. The van der Waals surface area contributed by atoms with Gasteiger partial charge in [0.15, 0.2) is 0 Å². The highest BCUT2D eigenvalue weighted by Crippen LogP contribution is 2.20. The summed E-state index contributed by atoms with van der Waals surface area (Å²) in [5.41, 5.74) is 2.36. The molecule has 2 aromatic carbocycles. The molecule has 0 bridgehead atoms. The number of para-hydroxylation sites is 1. The second-order valence-electron chi connectivity index (χ2n) is 4.80. The molecule has 0 spiro atoms. The number of benzene rings is 2. The zero-order chi connectivity index (χ0) is 15.9. The predicted molar refractivity (Wildman–Crippen MR) is 89.1 cm³/mol. The molecule has 4 nitrogen and oxygen atoms in total. The molecule has 0 aliphatic heterocycles. The van der Waals surface area contributed by atoms with Crippen molar-refractivity contribution in [2.24, 2.45) is 0 Å². The minimum absolute atomic E-state index is 0.263. The van der Waals surface area contributed by atoms with E-state index in [1.807, 2.05) is 24.3 Å². The number of aryl methyl sites for hydroxylation is 1. The van der Waals surface area contributed by atoms with E-state index >= 15 is 0 Å². The highest BCUT2D eigenvalue weighted by atomic mass is 35.5. The SMILES string of the molecule is CCc1ccc(NC(=O)CC(=O)Nc2ccccc2Cl)cc1. The fraction of sp³-hybridized carbons (Fsp3) is 0.176. The van der Waals surface area contributed by atoms with Crippen LogP contribution in [-0.2, 0) is 16.0 Å². The third-order valence-corrected chi connectivity index (χ3v) is 3.44. The van der Waals surface area contributed by atoms with Crippen LogP contribution in [0.5, 0.6) is 0 Å². The van der Waals surface area contributed by atoms with Crippen LogP contribution in [-0.4, -0.2) is 11.8 Å². The fourth-order valence-corrected chi connectivity index (χ4v) is 2.11. The quantitative estimate of drug-likeness (QED) is 0.823. The standard InChI is InChI=1S/C17H17ClN2O2/c1-2-12-7-9-13(10-8-12)19-16(21)11-17(22)20-15-6-4-3-5-14(15)18/h3-10H,2,11H2,1H3,(H,19,21)(H,20,22). The molecular formula is C17H17ClN2O2. The van der Waals surface area contributed by atoms with E-state index in [9.17, 15) is 9.59 Å². The van der Waals surface area contributed by atoms with Gasteiger partial charge in [0, 0.05) is 5.69 Å². The predicted octanol–water partition coefficient (Wildman–Crippen LogP) is 3.87. The van der Waals surface area contributed by atoms with Gasteiger partial charge in [-0.05, 0) is 36.2 Å². The summed E-state index contributed by atoms with van der Waals surface area (Å²) in [6.07, 6.45) is 0.676. The third kappa shape index (κ3) is 4.60. The number of carbonyl (C=O) groups is 2. The lowest BCUT2D eigenvalue weighted by Crippen LogP contribution is -2.21. The first-order valence-corrected chi connectivity index (χ1v) is 7.39. The molecule has 0 aliphatic rings. The van der Waals surface area contributed by atoms with Gasteiger partial charge in [-0.15, -0.1) is 0 Å². The van der Waals surface area contributed by atoms with Gasteiger partial charge in [0.2, 0.25) is 11.8 Å². The van der Waals surface area contributed by atoms with Crippen LogP contribution in [0.2, 0.25) is 5.02 Å². The summed E-state index contributed by atoms with van der Waals surface area (Å²) in [5, 5.41) is 5.74. The van der Waals surface area contributed by atoms with E-state index in [0.717, 1.165) is 6.42 Å². The monoisotopic (exact) mass is 316 g/mol. The molecule has 0 saturated heterocycles. The minimum atomic E-state index is -0.407. The Balaban J connectivity index is 1.88. The van der Waals surface area contributed by atoms with E-state index < -0.39 is 5.91 Å². The van der Waals surface area contributed by atoms with Crippen molar-refractivity contribution in [1.82, 2.24) is 0 Å². The Morgan fingerprint density at radius 1 is 0.955 bits per heavy atom. The zero-order valence-electron chi connectivity index (χ0n) is 12.2. The Bertz CT molecular complexity index is 669. The number of amides is 2. The van der Waals surface area contributed by atoms with Gasteiger partial charge in [-0.2, -0.15) is 0 Å². The minimum Gasteiger partial charge on any atom is -0.326 e. The Hall–Kier alpha value is -2.33. The summed E-state index contributed by atoms with van der Waals surface area (Å²) >= 11 is 5.95. The van der Waals surface area contributed by atoms with E-state index in [0.29, 0.717) is 16.4 Å². The van der Waals surface area contributed by atoms with Crippen molar-refractivity contribution in [2.75, 3.05) is 10.6 Å². The van der Waals surface area contributed by atoms with Crippen molar-refractivity contribution < 1.29 is 9.59 Å². The van der Waals surface area contributed by atoms with E-state index in [-0.39, 0.29) is 12.3 Å². The number of nitrogens with one attached hydrogen (secondary N) is 2. The number of hydrogen-bond donors (Lipinski definition) is 2. The second kappa shape index (κ2) is 7.61. The van der Waals surface area contributed by atoms with Gasteiger partial charge in [-0.25, -0.2) is 0 Å². The van der Waals surface area contributed by atoms with Gasteiger partial charge in [-0.1, -0.05) is 42.8 Å². The summed E-state index contributed by atoms with van der Waals surface area (Å²) < 4.78 is 0. The van der Waals surface area contributed by atoms with Crippen LogP contribution >= 0.6 is 11.6 Å². The van der Waals surface area contributed by atoms with Crippen LogP contribution in [0.25, 0.3) is 0 Å². The van der Waals surface area contributed by atoms with E-state index in [1.54, 1.807) is 24.3 Å². The molecule has 2 aromatic rings. The van der Waals surface area contributed by atoms with Crippen molar-refractivity contribution in [3.63, 3.8) is 0 Å². The van der Waals surface area contributed by atoms with Crippen LogP contribution in [0.4, 0.5) is 11.4 Å². The highest BCUT2D eigenvalue weighted by Gasteiger charge is 2.11. The maximum atomic E-state index is 11.8. The molecule has 2 N–H and O–H groups in total. The molecule has 22 heavy (non-hydrogen) atoms. The number of hydrogen-bond acceptors (Lipinski definition) is 2. The normalized spacial score (nSPS) is 10.1. The summed E-state index contributed by atoms with van der Waals surface area (Å²) in [4.78, 5) is 23.7. The van der Waals surface area contributed by atoms with Gasteiger partial charge >= 0.3 is 0 Å². The fourth-order valence-electron chi connectivity index (χ4n) is 1.93. The molecule has 0 saturated carbocycles. The second-order valence-corrected chi connectivity index (χ2v) is 5.21. The van der Waals surface area contributed by atoms with Crippen molar-refractivity contribution in [3.8, 4) is 0 Å². The van der Waals surface area contributed by atoms with Crippen LogP contribution in [0.3, 0.4) is 0 Å². The lowest BCUT2D eigenvalue weighted by molar-refractivity contribution is -0.123. The van der Waals surface area contributed by atoms with Crippen LogP contribution in [0.15, 0.2) is 48.5 Å². The van der Waals surface area contributed by atoms with Crippen LogP contribution in [0.1, 0.15) is 18.9 Å². The van der Waals surface area contributed by atoms with E-state index in [1.165, 1.54) is 5.56 Å². The van der Waals surface area contributed by atoms with Gasteiger partial charge in [0.1, 0.15) is 6.42 Å². The van der Waals surface area contributed by atoms with Gasteiger partial charge in [0.25, 0.3) is 0 Å². The summed E-state index contributed by atoms with van der Waals surface area (Å²) in [6, 6.07) is 14.4. The molecule has 2 rings (SSSR count). The molecule has 0 radical (unpaired) electrons. The molecule has 5 heteroatoms. The summed E-state index contributed by atoms with van der Waals surface area (Å²) in [7, 11) is 0. The molecule has 0 unspecified atom stereocenters. The van der Waals surface area contributed by atoms with Crippen LogP contribution < -0.4 is 10.6 Å². The Morgan fingerprint density at radius 3 is 2.23 bits per heavy atom. The molecule has 2 amide bonds.